The van der Waals surface area contributed by atoms with Crippen LogP contribution in [0.2, 0.25) is 0 Å². The quantitative estimate of drug-likeness (QED) is 0.486. The molecule has 20 heavy (non-hydrogen) atoms. The average Bonchev–Trinajstić information content (AvgIpc) is 2.38. The standard InChI is InChI=1S/C13H18N4O2S/c1-10-7-11(2)9-17(8-10)20(18,19)13-5-3-12(4-6-13)15-16-14/h3-6,10-11H,7-9H2,1-2H3. The highest BCUT2D eigenvalue weighted by atomic mass is 32.2. The van der Waals surface area contributed by atoms with Gasteiger partial charge in [0.05, 0.1) is 4.90 Å². The van der Waals surface area contributed by atoms with E-state index in [1.165, 1.54) is 24.3 Å². The number of hydrogen-bond acceptors (Lipinski definition) is 3. The Morgan fingerprint density at radius 3 is 2.25 bits per heavy atom. The zero-order valence-corrected chi connectivity index (χ0v) is 12.4. The van der Waals surface area contributed by atoms with Crippen LogP contribution >= 0.6 is 0 Å². The number of azide groups is 1. The van der Waals surface area contributed by atoms with E-state index >= 15 is 0 Å². The van der Waals surface area contributed by atoms with Crippen molar-refractivity contribution < 1.29 is 8.42 Å². The maximum absolute atomic E-state index is 12.6. The summed E-state index contributed by atoms with van der Waals surface area (Å²) in [5, 5.41) is 3.44. The largest absolute Gasteiger partial charge is 0.243 e. The van der Waals surface area contributed by atoms with E-state index in [9.17, 15) is 8.42 Å². The lowest BCUT2D eigenvalue weighted by molar-refractivity contribution is 0.222. The molecule has 2 unspecified atom stereocenters. The first-order valence-corrected chi connectivity index (χ1v) is 8.03. The average molecular weight is 294 g/mol. The Morgan fingerprint density at radius 2 is 1.75 bits per heavy atom. The number of benzene rings is 1. The topological polar surface area (TPSA) is 86.1 Å². The molecule has 1 aliphatic rings. The molecule has 0 saturated carbocycles. The summed E-state index contributed by atoms with van der Waals surface area (Å²) in [5.74, 6) is 0.743. The molecule has 6 nitrogen and oxygen atoms in total. The molecule has 7 heteroatoms. The summed E-state index contributed by atoms with van der Waals surface area (Å²) in [7, 11) is -3.46. The summed E-state index contributed by atoms with van der Waals surface area (Å²) in [6.07, 6.45) is 1.06. The monoisotopic (exact) mass is 294 g/mol. The molecular weight excluding hydrogens is 276 g/mol. The minimum Gasteiger partial charge on any atom is -0.207 e. The van der Waals surface area contributed by atoms with Gasteiger partial charge in [-0.1, -0.05) is 31.1 Å². The van der Waals surface area contributed by atoms with Crippen LogP contribution in [-0.2, 0) is 10.0 Å². The van der Waals surface area contributed by atoms with Crippen LogP contribution in [0.1, 0.15) is 20.3 Å². The van der Waals surface area contributed by atoms with Gasteiger partial charge in [0.15, 0.2) is 0 Å². The number of hydrogen-bond donors (Lipinski definition) is 0. The minimum absolute atomic E-state index is 0.246. The molecule has 0 aliphatic carbocycles. The Hall–Kier alpha value is -1.56. The van der Waals surface area contributed by atoms with E-state index in [1.54, 1.807) is 4.31 Å². The van der Waals surface area contributed by atoms with Crippen molar-refractivity contribution in [1.82, 2.24) is 4.31 Å². The highest BCUT2D eigenvalue weighted by Crippen LogP contribution is 2.27. The predicted molar refractivity (Wildman–Crippen MR) is 77.0 cm³/mol. The Morgan fingerprint density at radius 1 is 1.20 bits per heavy atom. The summed E-state index contributed by atoms with van der Waals surface area (Å²) >= 11 is 0. The molecule has 108 valence electrons. The normalized spacial score (nSPS) is 24.1. The molecule has 1 heterocycles. The molecule has 0 spiro atoms. The molecule has 1 aliphatic heterocycles. The van der Waals surface area contributed by atoms with Crippen molar-refractivity contribution in [1.29, 1.82) is 0 Å². The smallest absolute Gasteiger partial charge is 0.207 e. The van der Waals surface area contributed by atoms with E-state index in [-0.39, 0.29) is 4.90 Å². The van der Waals surface area contributed by atoms with Gasteiger partial charge in [-0.2, -0.15) is 4.31 Å². The summed E-state index contributed by atoms with van der Waals surface area (Å²) in [6.45, 7) is 5.27. The van der Waals surface area contributed by atoms with E-state index in [1.807, 2.05) is 0 Å². The zero-order chi connectivity index (χ0) is 14.8. The van der Waals surface area contributed by atoms with Crippen LogP contribution in [0.25, 0.3) is 10.4 Å². The summed E-state index contributed by atoms with van der Waals surface area (Å²) in [5.41, 5.74) is 8.75. The molecule has 0 aromatic heterocycles. The van der Waals surface area contributed by atoms with Crippen molar-refractivity contribution in [3.8, 4) is 0 Å². The van der Waals surface area contributed by atoms with Crippen LogP contribution in [0.15, 0.2) is 34.3 Å². The predicted octanol–water partition coefficient (Wildman–Crippen LogP) is 3.30. The van der Waals surface area contributed by atoms with Crippen LogP contribution < -0.4 is 0 Å². The van der Waals surface area contributed by atoms with Crippen molar-refractivity contribution in [3.63, 3.8) is 0 Å². The van der Waals surface area contributed by atoms with Gasteiger partial charge in [-0.25, -0.2) is 8.42 Å². The highest BCUT2D eigenvalue weighted by molar-refractivity contribution is 7.89. The molecule has 0 bridgehead atoms. The summed E-state index contributed by atoms with van der Waals surface area (Å²) < 4.78 is 26.7. The maximum atomic E-state index is 12.6. The first-order valence-electron chi connectivity index (χ1n) is 6.59. The minimum atomic E-state index is -3.46. The van der Waals surface area contributed by atoms with Crippen molar-refractivity contribution in [2.75, 3.05) is 13.1 Å². The van der Waals surface area contributed by atoms with E-state index < -0.39 is 10.0 Å². The molecule has 0 radical (unpaired) electrons. The third-order valence-electron chi connectivity index (χ3n) is 3.47. The Balaban J connectivity index is 2.27. The van der Waals surface area contributed by atoms with Gasteiger partial charge in [0.1, 0.15) is 0 Å². The number of piperidine rings is 1. The van der Waals surface area contributed by atoms with Crippen molar-refractivity contribution >= 4 is 15.7 Å². The van der Waals surface area contributed by atoms with Gasteiger partial charge in [0.2, 0.25) is 10.0 Å². The second-order valence-corrected chi connectivity index (χ2v) is 7.39. The fourth-order valence-electron chi connectivity index (χ4n) is 2.69. The van der Waals surface area contributed by atoms with Crippen LogP contribution in [0.5, 0.6) is 0 Å². The van der Waals surface area contributed by atoms with Crippen LogP contribution in [0.4, 0.5) is 5.69 Å². The number of nitrogens with zero attached hydrogens (tertiary/aromatic N) is 4. The van der Waals surface area contributed by atoms with Gasteiger partial charge in [0, 0.05) is 23.7 Å². The molecule has 1 saturated heterocycles. The summed E-state index contributed by atoms with van der Waals surface area (Å²) in [4.78, 5) is 2.92. The highest BCUT2D eigenvalue weighted by Gasteiger charge is 2.31. The van der Waals surface area contributed by atoms with E-state index in [4.69, 9.17) is 5.53 Å². The molecule has 1 aromatic carbocycles. The lowest BCUT2D eigenvalue weighted by Gasteiger charge is -2.34. The molecule has 1 fully saturated rings. The summed E-state index contributed by atoms with van der Waals surface area (Å²) in [6, 6.07) is 6.01. The molecule has 0 N–H and O–H groups in total. The molecule has 1 aromatic rings. The Labute approximate surface area is 119 Å². The van der Waals surface area contributed by atoms with Gasteiger partial charge in [-0.3, -0.25) is 0 Å². The Kier molecular flexibility index (Phi) is 4.32. The van der Waals surface area contributed by atoms with Gasteiger partial charge in [-0.05, 0) is 35.9 Å². The van der Waals surface area contributed by atoms with Crippen molar-refractivity contribution in [2.45, 2.75) is 25.2 Å². The van der Waals surface area contributed by atoms with Crippen molar-refractivity contribution in [3.05, 3.63) is 34.7 Å². The second kappa shape index (κ2) is 5.83. The number of rotatable bonds is 3. The fraction of sp³-hybridized carbons (Fsp3) is 0.538. The van der Waals surface area contributed by atoms with Gasteiger partial charge in [-0.15, -0.1) is 0 Å². The van der Waals surface area contributed by atoms with Crippen molar-refractivity contribution in [2.24, 2.45) is 17.0 Å². The Bertz CT molecular complexity index is 610. The number of sulfonamides is 1. The first kappa shape index (κ1) is 14.8. The SMILES string of the molecule is CC1CC(C)CN(S(=O)(=O)c2ccc(N=[N+]=[N-])cc2)C1. The molecule has 2 rings (SSSR count). The van der Waals surface area contributed by atoms with E-state index in [2.05, 4.69) is 23.9 Å². The molecular formula is C13H18N4O2S. The van der Waals surface area contributed by atoms with E-state index in [0.29, 0.717) is 30.6 Å². The first-order chi connectivity index (χ1) is 9.43. The maximum Gasteiger partial charge on any atom is 0.243 e. The van der Waals surface area contributed by atoms with Crippen LogP contribution in [0, 0.1) is 11.8 Å². The lowest BCUT2D eigenvalue weighted by Crippen LogP contribution is -2.42. The molecule has 0 amide bonds. The lowest BCUT2D eigenvalue weighted by atomic mass is 9.94. The van der Waals surface area contributed by atoms with E-state index in [0.717, 1.165) is 6.42 Å². The fourth-order valence-corrected chi connectivity index (χ4v) is 4.37. The van der Waals surface area contributed by atoms with Gasteiger partial charge in [0.25, 0.3) is 0 Å². The van der Waals surface area contributed by atoms with Crippen LogP contribution in [-0.4, -0.2) is 25.8 Å². The second-order valence-electron chi connectivity index (χ2n) is 5.45. The third-order valence-corrected chi connectivity index (χ3v) is 5.32. The van der Waals surface area contributed by atoms with Crippen LogP contribution in [0.3, 0.4) is 0 Å². The van der Waals surface area contributed by atoms with Gasteiger partial charge >= 0.3 is 0 Å². The molecule has 2 atom stereocenters. The van der Waals surface area contributed by atoms with Gasteiger partial charge < -0.3 is 0 Å². The zero-order valence-electron chi connectivity index (χ0n) is 11.6. The third kappa shape index (κ3) is 3.12.